The molecule has 0 saturated carbocycles. The van der Waals surface area contributed by atoms with Crippen LogP contribution >= 0.6 is 0 Å². The fourth-order valence-electron chi connectivity index (χ4n) is 2.52. The van der Waals surface area contributed by atoms with Crippen molar-refractivity contribution in [2.75, 3.05) is 10.6 Å². The number of hydrogen-bond donors (Lipinski definition) is 2. The van der Waals surface area contributed by atoms with Gasteiger partial charge in [-0.1, -0.05) is 29.8 Å². The van der Waals surface area contributed by atoms with E-state index < -0.39 is 5.91 Å². The van der Waals surface area contributed by atoms with E-state index in [1.807, 2.05) is 32.0 Å². The van der Waals surface area contributed by atoms with Crippen molar-refractivity contribution >= 4 is 23.1 Å². The Labute approximate surface area is 151 Å². The van der Waals surface area contributed by atoms with Crippen molar-refractivity contribution < 1.29 is 4.79 Å². The highest BCUT2D eigenvalue weighted by Gasteiger charge is 2.12. The van der Waals surface area contributed by atoms with Crippen LogP contribution in [0.25, 0.3) is 0 Å². The topological polar surface area (TPSA) is 90.7 Å². The van der Waals surface area contributed by atoms with E-state index in [1.165, 1.54) is 11.9 Å². The maximum atomic E-state index is 12.5. The minimum atomic E-state index is -0.404. The molecule has 0 aliphatic rings. The molecule has 6 heteroatoms. The first-order valence-corrected chi connectivity index (χ1v) is 8.03. The van der Waals surface area contributed by atoms with Crippen molar-refractivity contribution in [3.63, 3.8) is 0 Å². The number of nitrogens with one attached hydrogen (secondary N) is 2. The molecule has 0 aliphatic heterocycles. The number of benzene rings is 2. The van der Waals surface area contributed by atoms with Gasteiger partial charge in [-0.2, -0.15) is 5.26 Å². The number of hydrogen-bond acceptors (Lipinski definition) is 5. The van der Waals surface area contributed by atoms with Crippen LogP contribution in [-0.2, 0) is 0 Å². The van der Waals surface area contributed by atoms with Gasteiger partial charge in [0.25, 0.3) is 5.91 Å². The Morgan fingerprint density at radius 2 is 1.85 bits per heavy atom. The molecule has 0 unspecified atom stereocenters. The Kier molecular flexibility index (Phi) is 4.90. The van der Waals surface area contributed by atoms with Gasteiger partial charge in [-0.15, -0.1) is 0 Å². The number of amides is 1. The number of aromatic nitrogens is 2. The van der Waals surface area contributed by atoms with Crippen LogP contribution in [0.2, 0.25) is 0 Å². The third kappa shape index (κ3) is 3.84. The summed E-state index contributed by atoms with van der Waals surface area (Å²) in [4.78, 5) is 20.6. The fourth-order valence-corrected chi connectivity index (χ4v) is 2.52. The van der Waals surface area contributed by atoms with Crippen LogP contribution in [0.15, 0.2) is 54.9 Å². The number of nitriles is 1. The average Bonchev–Trinajstić information content (AvgIpc) is 2.65. The molecular formula is C20H17N5O. The van der Waals surface area contributed by atoms with E-state index in [2.05, 4.69) is 26.7 Å². The molecule has 6 nitrogen and oxygen atoms in total. The highest BCUT2D eigenvalue weighted by atomic mass is 16.1. The van der Waals surface area contributed by atoms with Gasteiger partial charge in [0.1, 0.15) is 23.9 Å². The molecule has 128 valence electrons. The molecule has 26 heavy (non-hydrogen) atoms. The summed E-state index contributed by atoms with van der Waals surface area (Å²) in [5.74, 6) is 0.115. The fraction of sp³-hybridized carbons (Fsp3) is 0.100. The van der Waals surface area contributed by atoms with Crippen LogP contribution in [0.5, 0.6) is 0 Å². The second-order valence-electron chi connectivity index (χ2n) is 5.84. The molecule has 3 aromatic rings. The van der Waals surface area contributed by atoms with Gasteiger partial charge in [0.05, 0.1) is 11.3 Å². The Bertz CT molecular complexity index is 1010. The lowest BCUT2D eigenvalue weighted by molar-refractivity contribution is 0.102. The van der Waals surface area contributed by atoms with Crippen LogP contribution in [0, 0.1) is 25.2 Å². The SMILES string of the molecule is Cc1ccc(Nc2cc(C(=O)Nc3ccccc3C#N)ncn2)c(C)c1. The molecule has 0 radical (unpaired) electrons. The van der Waals surface area contributed by atoms with Gasteiger partial charge in [-0.3, -0.25) is 4.79 Å². The molecule has 2 aromatic carbocycles. The maximum absolute atomic E-state index is 12.5. The van der Waals surface area contributed by atoms with Crippen LogP contribution in [-0.4, -0.2) is 15.9 Å². The minimum Gasteiger partial charge on any atom is -0.340 e. The van der Waals surface area contributed by atoms with Crippen molar-refractivity contribution in [3.05, 3.63) is 77.2 Å². The number of nitrogens with zero attached hydrogens (tertiary/aromatic N) is 3. The second kappa shape index (κ2) is 7.45. The van der Waals surface area contributed by atoms with Gasteiger partial charge >= 0.3 is 0 Å². The maximum Gasteiger partial charge on any atom is 0.274 e. The van der Waals surface area contributed by atoms with E-state index >= 15 is 0 Å². The Hall–Kier alpha value is -3.72. The Morgan fingerprint density at radius 1 is 1.04 bits per heavy atom. The molecule has 2 N–H and O–H groups in total. The summed E-state index contributed by atoms with van der Waals surface area (Å²) in [7, 11) is 0. The van der Waals surface area contributed by atoms with E-state index in [0.717, 1.165) is 11.3 Å². The summed E-state index contributed by atoms with van der Waals surface area (Å²) in [6, 6.07) is 16.5. The third-order valence-corrected chi connectivity index (χ3v) is 3.84. The van der Waals surface area contributed by atoms with E-state index in [1.54, 1.807) is 30.3 Å². The zero-order valence-electron chi connectivity index (χ0n) is 14.4. The predicted octanol–water partition coefficient (Wildman–Crippen LogP) is 3.96. The first-order valence-electron chi connectivity index (χ1n) is 8.03. The lowest BCUT2D eigenvalue weighted by Crippen LogP contribution is -2.15. The molecule has 0 aliphatic carbocycles. The van der Waals surface area contributed by atoms with Crippen LogP contribution in [0.3, 0.4) is 0 Å². The highest BCUT2D eigenvalue weighted by molar-refractivity contribution is 6.03. The van der Waals surface area contributed by atoms with Crippen molar-refractivity contribution in [2.24, 2.45) is 0 Å². The minimum absolute atomic E-state index is 0.208. The Balaban J connectivity index is 1.80. The summed E-state index contributed by atoms with van der Waals surface area (Å²) in [6.45, 7) is 4.03. The molecular weight excluding hydrogens is 326 g/mol. The number of para-hydroxylation sites is 1. The van der Waals surface area contributed by atoms with Gasteiger partial charge in [0.2, 0.25) is 0 Å². The Morgan fingerprint density at radius 3 is 2.62 bits per heavy atom. The van der Waals surface area contributed by atoms with Crippen LogP contribution in [0.4, 0.5) is 17.2 Å². The number of carbonyl (C=O) groups is 1. The summed E-state index contributed by atoms with van der Waals surface area (Å²) in [5, 5.41) is 15.0. The molecule has 0 bridgehead atoms. The summed E-state index contributed by atoms with van der Waals surface area (Å²) < 4.78 is 0. The van der Waals surface area contributed by atoms with Gasteiger partial charge in [-0.05, 0) is 37.6 Å². The third-order valence-electron chi connectivity index (χ3n) is 3.84. The first kappa shape index (κ1) is 17.1. The summed E-state index contributed by atoms with van der Waals surface area (Å²) in [5.41, 5.74) is 4.21. The second-order valence-corrected chi connectivity index (χ2v) is 5.84. The zero-order valence-corrected chi connectivity index (χ0v) is 14.4. The number of anilines is 3. The van der Waals surface area contributed by atoms with Crippen molar-refractivity contribution in [1.82, 2.24) is 9.97 Å². The quantitative estimate of drug-likeness (QED) is 0.748. The van der Waals surface area contributed by atoms with E-state index in [9.17, 15) is 4.79 Å². The largest absolute Gasteiger partial charge is 0.340 e. The van der Waals surface area contributed by atoms with Crippen LogP contribution in [0.1, 0.15) is 27.2 Å². The van der Waals surface area contributed by atoms with E-state index in [4.69, 9.17) is 5.26 Å². The van der Waals surface area contributed by atoms with E-state index in [-0.39, 0.29) is 5.69 Å². The summed E-state index contributed by atoms with van der Waals surface area (Å²) in [6.07, 6.45) is 1.33. The number of carbonyl (C=O) groups excluding carboxylic acids is 1. The van der Waals surface area contributed by atoms with Gasteiger partial charge in [0, 0.05) is 11.8 Å². The first-order chi connectivity index (χ1) is 12.6. The zero-order chi connectivity index (χ0) is 18.5. The van der Waals surface area contributed by atoms with Crippen molar-refractivity contribution in [2.45, 2.75) is 13.8 Å². The average molecular weight is 343 g/mol. The van der Waals surface area contributed by atoms with Crippen LogP contribution < -0.4 is 10.6 Å². The van der Waals surface area contributed by atoms with E-state index in [0.29, 0.717) is 17.1 Å². The molecule has 1 heterocycles. The molecule has 1 amide bonds. The van der Waals surface area contributed by atoms with Gasteiger partial charge in [0.15, 0.2) is 0 Å². The smallest absolute Gasteiger partial charge is 0.274 e. The molecule has 1 aromatic heterocycles. The summed E-state index contributed by atoms with van der Waals surface area (Å²) >= 11 is 0. The predicted molar refractivity (Wildman–Crippen MR) is 100 cm³/mol. The molecule has 3 rings (SSSR count). The molecule has 0 spiro atoms. The molecule has 0 saturated heterocycles. The lowest BCUT2D eigenvalue weighted by Gasteiger charge is -2.10. The lowest BCUT2D eigenvalue weighted by atomic mass is 10.1. The highest BCUT2D eigenvalue weighted by Crippen LogP contribution is 2.21. The normalized spacial score (nSPS) is 10.0. The molecule has 0 atom stereocenters. The van der Waals surface area contributed by atoms with Gasteiger partial charge < -0.3 is 10.6 Å². The standard InChI is InChI=1S/C20H17N5O/c1-13-7-8-16(14(2)9-13)24-19-10-18(22-12-23-19)20(26)25-17-6-4-3-5-15(17)11-21/h3-10,12H,1-2H3,(H,25,26)(H,22,23,24). The monoisotopic (exact) mass is 343 g/mol. The van der Waals surface area contributed by atoms with Crippen molar-refractivity contribution in [3.8, 4) is 6.07 Å². The van der Waals surface area contributed by atoms with Crippen molar-refractivity contribution in [1.29, 1.82) is 5.26 Å². The number of rotatable bonds is 4. The molecule has 0 fully saturated rings. The number of aryl methyl sites for hydroxylation is 2. The van der Waals surface area contributed by atoms with Gasteiger partial charge in [-0.25, -0.2) is 9.97 Å².